The summed E-state index contributed by atoms with van der Waals surface area (Å²) in [4.78, 5) is 27.4. The van der Waals surface area contributed by atoms with Gasteiger partial charge in [0.1, 0.15) is 0 Å². The van der Waals surface area contributed by atoms with Crippen molar-refractivity contribution in [3.63, 3.8) is 0 Å². The van der Waals surface area contributed by atoms with Crippen LogP contribution in [0.25, 0.3) is 0 Å². The highest BCUT2D eigenvalue weighted by Crippen LogP contribution is 2.17. The molecule has 0 bridgehead atoms. The third-order valence-corrected chi connectivity index (χ3v) is 4.45. The Morgan fingerprint density at radius 3 is 2.25 bits per heavy atom. The fourth-order valence-electron chi connectivity index (χ4n) is 2.92. The molecular formula is C18H27N3O3. The molecule has 0 atom stereocenters. The van der Waals surface area contributed by atoms with Crippen LogP contribution in [0.3, 0.4) is 0 Å². The van der Waals surface area contributed by atoms with Gasteiger partial charge in [0.15, 0.2) is 0 Å². The average molecular weight is 333 g/mol. The quantitative estimate of drug-likeness (QED) is 0.455. The predicted molar refractivity (Wildman–Crippen MR) is 93.0 cm³/mol. The van der Waals surface area contributed by atoms with Gasteiger partial charge < -0.3 is 9.80 Å². The van der Waals surface area contributed by atoms with Crippen molar-refractivity contribution >= 4 is 17.5 Å². The first-order valence-corrected chi connectivity index (χ1v) is 8.62. The first-order valence-electron chi connectivity index (χ1n) is 8.62. The molecule has 1 aromatic carbocycles. The summed E-state index contributed by atoms with van der Waals surface area (Å²) in [7, 11) is 0. The summed E-state index contributed by atoms with van der Waals surface area (Å²) in [6.07, 6.45) is 3.14. The van der Waals surface area contributed by atoms with Crippen molar-refractivity contribution < 1.29 is 14.8 Å². The van der Waals surface area contributed by atoms with E-state index >= 15 is 0 Å². The number of unbranched alkanes of at least 4 members (excludes halogenated alkanes) is 2. The summed E-state index contributed by atoms with van der Waals surface area (Å²) >= 11 is 0. The molecule has 1 saturated heterocycles. The number of nitrogens with one attached hydrogen (secondary N) is 1. The van der Waals surface area contributed by atoms with Gasteiger partial charge >= 0.3 is 0 Å². The summed E-state index contributed by atoms with van der Waals surface area (Å²) < 4.78 is 0. The molecule has 1 aliphatic rings. The van der Waals surface area contributed by atoms with E-state index in [0.29, 0.717) is 19.3 Å². The minimum atomic E-state index is -0.367. The van der Waals surface area contributed by atoms with Crippen LogP contribution >= 0.6 is 0 Å². The Kier molecular flexibility index (Phi) is 7.06. The number of carbonyl (C=O) groups is 2. The van der Waals surface area contributed by atoms with E-state index < -0.39 is 0 Å². The highest BCUT2D eigenvalue weighted by molar-refractivity contribution is 5.76. The zero-order valence-corrected chi connectivity index (χ0v) is 14.3. The van der Waals surface area contributed by atoms with Gasteiger partial charge in [0.05, 0.1) is 0 Å². The van der Waals surface area contributed by atoms with Crippen LogP contribution in [0.1, 0.15) is 37.7 Å². The minimum Gasteiger partial charge on any atom is -0.368 e. The number of carbonyl (C=O) groups excluding carboxylic acids is 2. The molecule has 2 rings (SSSR count). The van der Waals surface area contributed by atoms with E-state index in [9.17, 15) is 9.59 Å². The van der Waals surface area contributed by atoms with E-state index in [1.807, 2.05) is 4.90 Å². The molecule has 1 fully saturated rings. The molecule has 132 valence electrons. The molecule has 2 amide bonds. The minimum absolute atomic E-state index is 0.199. The molecule has 6 heteroatoms. The van der Waals surface area contributed by atoms with Crippen molar-refractivity contribution in [2.45, 2.75) is 39.0 Å². The van der Waals surface area contributed by atoms with Gasteiger partial charge in [-0.25, -0.2) is 5.48 Å². The fourth-order valence-corrected chi connectivity index (χ4v) is 2.92. The number of hydroxylamine groups is 1. The van der Waals surface area contributed by atoms with E-state index in [1.165, 1.54) is 11.3 Å². The van der Waals surface area contributed by atoms with Gasteiger partial charge in [0.2, 0.25) is 11.8 Å². The Morgan fingerprint density at radius 1 is 1.00 bits per heavy atom. The van der Waals surface area contributed by atoms with Crippen molar-refractivity contribution in [2.75, 3.05) is 31.1 Å². The normalized spacial score (nSPS) is 14.6. The number of hydrogen-bond donors (Lipinski definition) is 2. The van der Waals surface area contributed by atoms with Crippen LogP contribution in [0.5, 0.6) is 0 Å². The summed E-state index contributed by atoms with van der Waals surface area (Å²) in [5, 5.41) is 8.40. The van der Waals surface area contributed by atoms with Gasteiger partial charge in [-0.2, -0.15) is 0 Å². The van der Waals surface area contributed by atoms with E-state index in [2.05, 4.69) is 36.1 Å². The van der Waals surface area contributed by atoms with E-state index in [0.717, 1.165) is 39.0 Å². The third-order valence-electron chi connectivity index (χ3n) is 4.45. The molecule has 1 aliphatic heterocycles. The van der Waals surface area contributed by atoms with Crippen LogP contribution in [0.15, 0.2) is 24.3 Å². The van der Waals surface area contributed by atoms with Crippen LogP contribution in [-0.2, 0) is 9.59 Å². The third kappa shape index (κ3) is 5.53. The smallest absolute Gasteiger partial charge is 0.243 e. The number of hydrogen-bond acceptors (Lipinski definition) is 4. The zero-order chi connectivity index (χ0) is 17.4. The lowest BCUT2D eigenvalue weighted by molar-refractivity contribution is -0.131. The number of aryl methyl sites for hydroxylation is 1. The van der Waals surface area contributed by atoms with Crippen molar-refractivity contribution in [2.24, 2.45) is 0 Å². The van der Waals surface area contributed by atoms with E-state index in [4.69, 9.17) is 5.21 Å². The summed E-state index contributed by atoms with van der Waals surface area (Å²) in [5.41, 5.74) is 4.09. The zero-order valence-electron chi connectivity index (χ0n) is 14.3. The first kappa shape index (κ1) is 18.3. The highest BCUT2D eigenvalue weighted by atomic mass is 16.5. The molecule has 1 aromatic rings. The fraction of sp³-hybridized carbons (Fsp3) is 0.556. The van der Waals surface area contributed by atoms with Crippen LogP contribution in [0.2, 0.25) is 0 Å². The Labute approximate surface area is 143 Å². The summed E-state index contributed by atoms with van der Waals surface area (Å²) in [6.45, 7) is 5.34. The number of anilines is 1. The van der Waals surface area contributed by atoms with Gasteiger partial charge in [0, 0.05) is 44.7 Å². The van der Waals surface area contributed by atoms with E-state index in [1.54, 1.807) is 5.48 Å². The second-order valence-electron chi connectivity index (χ2n) is 6.30. The number of rotatable bonds is 7. The molecule has 0 saturated carbocycles. The Morgan fingerprint density at radius 2 is 1.62 bits per heavy atom. The average Bonchev–Trinajstić information content (AvgIpc) is 2.62. The maximum absolute atomic E-state index is 12.2. The van der Waals surface area contributed by atoms with Gasteiger partial charge in [-0.1, -0.05) is 24.1 Å². The number of benzene rings is 1. The largest absolute Gasteiger partial charge is 0.368 e. The SMILES string of the molecule is Cc1ccc(N2CCN(C(=O)CCCCCC(=O)NO)CC2)cc1. The molecule has 24 heavy (non-hydrogen) atoms. The van der Waals surface area contributed by atoms with Crippen molar-refractivity contribution in [3.05, 3.63) is 29.8 Å². The maximum atomic E-state index is 12.2. The molecule has 0 aliphatic carbocycles. The van der Waals surface area contributed by atoms with Gasteiger partial charge in [-0.05, 0) is 31.9 Å². The second kappa shape index (κ2) is 9.27. The molecule has 0 spiro atoms. The standard InChI is InChI=1S/C18H27N3O3/c1-15-7-9-16(10-8-15)20-11-13-21(14-12-20)18(23)6-4-2-3-5-17(22)19-24/h7-10,24H,2-6,11-14H2,1H3,(H,19,22). The number of nitrogens with zero attached hydrogens (tertiary/aromatic N) is 2. The monoisotopic (exact) mass is 333 g/mol. The van der Waals surface area contributed by atoms with Crippen LogP contribution in [0.4, 0.5) is 5.69 Å². The molecule has 0 radical (unpaired) electrons. The second-order valence-corrected chi connectivity index (χ2v) is 6.30. The van der Waals surface area contributed by atoms with Gasteiger partial charge in [-0.3, -0.25) is 14.8 Å². The molecule has 6 nitrogen and oxygen atoms in total. The van der Waals surface area contributed by atoms with Gasteiger partial charge in [-0.15, -0.1) is 0 Å². The molecule has 0 unspecified atom stereocenters. The Hall–Kier alpha value is -2.08. The number of piperazine rings is 1. The topological polar surface area (TPSA) is 72.9 Å². The molecule has 0 aromatic heterocycles. The van der Waals surface area contributed by atoms with Crippen LogP contribution in [0, 0.1) is 6.92 Å². The van der Waals surface area contributed by atoms with Gasteiger partial charge in [0.25, 0.3) is 0 Å². The molecule has 2 N–H and O–H groups in total. The van der Waals surface area contributed by atoms with E-state index in [-0.39, 0.29) is 11.8 Å². The predicted octanol–water partition coefficient (Wildman–Crippen LogP) is 2.10. The van der Waals surface area contributed by atoms with Crippen LogP contribution in [-0.4, -0.2) is 48.1 Å². The van der Waals surface area contributed by atoms with Crippen molar-refractivity contribution in [1.29, 1.82) is 0 Å². The van der Waals surface area contributed by atoms with Crippen LogP contribution < -0.4 is 10.4 Å². The maximum Gasteiger partial charge on any atom is 0.243 e. The molecular weight excluding hydrogens is 306 g/mol. The number of amides is 2. The lowest BCUT2D eigenvalue weighted by Gasteiger charge is -2.36. The van der Waals surface area contributed by atoms with Crippen molar-refractivity contribution in [1.82, 2.24) is 10.4 Å². The Bertz CT molecular complexity index is 537. The lowest BCUT2D eigenvalue weighted by Crippen LogP contribution is -2.48. The summed E-state index contributed by atoms with van der Waals surface area (Å²) in [6, 6.07) is 8.50. The Balaban J connectivity index is 1.65. The molecule has 1 heterocycles. The van der Waals surface area contributed by atoms with Crippen molar-refractivity contribution in [3.8, 4) is 0 Å². The lowest BCUT2D eigenvalue weighted by atomic mass is 10.1. The highest BCUT2D eigenvalue weighted by Gasteiger charge is 2.20. The summed E-state index contributed by atoms with van der Waals surface area (Å²) in [5.74, 6) is -0.168. The first-order chi connectivity index (χ1) is 11.6.